The van der Waals surface area contributed by atoms with E-state index in [-0.39, 0.29) is 61.3 Å². The first kappa shape index (κ1) is 22.5. The van der Waals surface area contributed by atoms with Gasteiger partial charge >= 0.3 is 26.7 Å². The molecule has 8 heteroatoms. The summed E-state index contributed by atoms with van der Waals surface area (Å²) in [5.41, 5.74) is 0. The zero-order valence-electron chi connectivity index (χ0n) is 4.96. The molecule has 0 heterocycles. The Balaban J connectivity index is -0.0000000133. The molecule has 0 rings (SSSR count). The van der Waals surface area contributed by atoms with E-state index in [1.165, 1.54) is 0 Å². The fourth-order valence-corrected chi connectivity index (χ4v) is 0. The molecule has 0 amide bonds. The monoisotopic (exact) mass is 290 g/mol. The van der Waals surface area contributed by atoms with Gasteiger partial charge in [0.15, 0.2) is 0 Å². The minimum atomic E-state index is -4.64. The van der Waals surface area contributed by atoms with E-state index in [0.717, 1.165) is 0 Å². The van der Waals surface area contributed by atoms with Crippen LogP contribution in [0, 0.1) is 0 Å². The summed E-state index contributed by atoms with van der Waals surface area (Å²) in [6, 6.07) is 0. The van der Waals surface area contributed by atoms with Crippen LogP contribution in [0.3, 0.4) is 0 Å². The van der Waals surface area contributed by atoms with E-state index >= 15 is 0 Å². The second-order valence-corrected chi connectivity index (χ2v) is 1.54. The molecule has 4 nitrogen and oxygen atoms in total. The molecule has 0 bridgehead atoms. The van der Waals surface area contributed by atoms with Crippen LogP contribution in [-0.2, 0) is 21.6 Å². The van der Waals surface area contributed by atoms with Gasteiger partial charge in [0.25, 0.3) is 0 Å². The minimum absolute atomic E-state index is 0. The van der Waals surface area contributed by atoms with Crippen LogP contribution in [0.1, 0.15) is 1.43 Å². The number of rotatable bonds is 0. The van der Waals surface area contributed by atoms with Crippen molar-refractivity contribution >= 4 is 31.8 Å². The molecule has 0 spiro atoms. The van der Waals surface area contributed by atoms with Crippen LogP contribution < -0.4 is 18.9 Å². The van der Waals surface area contributed by atoms with Crippen molar-refractivity contribution in [3.8, 4) is 0 Å². The van der Waals surface area contributed by atoms with E-state index in [1.54, 1.807) is 0 Å². The normalized spacial score (nSPS) is 7.38. The average molecular weight is 290 g/mol. The van der Waals surface area contributed by atoms with Gasteiger partial charge in [-0.1, -0.05) is 0 Å². The van der Waals surface area contributed by atoms with E-state index < -0.39 is 7.82 Å². The third kappa shape index (κ3) is 101. The first-order valence-electron chi connectivity index (χ1n) is 0.783. The summed E-state index contributed by atoms with van der Waals surface area (Å²) < 4.78 is 8.88. The summed E-state index contributed by atoms with van der Waals surface area (Å²) in [6.07, 6.45) is 0. The molecule has 0 aromatic heterocycles. The molecule has 0 aliphatic carbocycles. The van der Waals surface area contributed by atoms with Gasteiger partial charge < -0.3 is 16.1 Å². The fraction of sp³-hybridized carbons (Fsp3) is 0. The maximum absolute atomic E-state index is 8.88. The number of hydrogen-bond acceptors (Lipinski definition) is 1. The molecule has 0 saturated carbocycles. The third-order valence-electron chi connectivity index (χ3n) is 0. The zero-order valence-corrected chi connectivity index (χ0v) is 8.29. The summed E-state index contributed by atoms with van der Waals surface area (Å²) in [7, 11) is -4.64. The van der Waals surface area contributed by atoms with Crippen molar-refractivity contribution in [2.75, 3.05) is 0 Å². The van der Waals surface area contributed by atoms with Gasteiger partial charge in [0.05, 0.1) is 0 Å². The van der Waals surface area contributed by atoms with Crippen molar-refractivity contribution in [3.63, 3.8) is 0 Å². The molecule has 0 saturated heterocycles. The smallest absolute Gasteiger partial charge is 1.00 e. The van der Waals surface area contributed by atoms with Gasteiger partial charge in [-0.3, -0.25) is 0 Å². The van der Waals surface area contributed by atoms with E-state index in [0.29, 0.717) is 0 Å². The summed E-state index contributed by atoms with van der Waals surface area (Å²) in [5, 5.41) is 0. The second-order valence-electron chi connectivity index (χ2n) is 0.513. The van der Waals surface area contributed by atoms with Gasteiger partial charge in [-0.05, 0) is 0 Å². The molecule has 0 aromatic rings. The van der Waals surface area contributed by atoms with Gasteiger partial charge in [-0.15, -0.1) is 24.0 Å². The molecular weight excluding hydrogens is 285 g/mol. The third-order valence-corrected chi connectivity index (χ3v) is 0. The van der Waals surface area contributed by atoms with Crippen molar-refractivity contribution in [2.45, 2.75) is 0 Å². The van der Waals surface area contributed by atoms with Crippen LogP contribution in [0.4, 0.5) is 0 Å². The average Bonchev–Trinajstić information content (AvgIpc) is 0.722. The zero-order chi connectivity index (χ0) is 4.50. The Hall–Kier alpha value is 1.96. The van der Waals surface area contributed by atoms with E-state index in [2.05, 4.69) is 0 Å². The van der Waals surface area contributed by atoms with Crippen LogP contribution in [-0.4, -0.2) is 14.7 Å². The Kier molecular flexibility index (Phi) is 25.2. The molecule has 0 aliphatic heterocycles. The summed E-state index contributed by atoms with van der Waals surface area (Å²) in [5.74, 6) is 0. The first-order chi connectivity index (χ1) is 2.00. The van der Waals surface area contributed by atoms with Crippen LogP contribution in [0.5, 0.6) is 0 Å². The molecule has 0 aromatic carbocycles. The van der Waals surface area contributed by atoms with Crippen molar-refractivity contribution in [3.05, 3.63) is 0 Å². The molecule has 0 unspecified atom stereocenters. The van der Waals surface area contributed by atoms with Gasteiger partial charge in [0.2, 0.25) is 0 Å². The Morgan fingerprint density at radius 1 is 1.25 bits per heavy atom. The van der Waals surface area contributed by atoms with Crippen molar-refractivity contribution in [1.82, 2.24) is 0 Å². The molecule has 0 fully saturated rings. The SMILES string of the molecule is I.O=P(O)(O)O.[Fe].[H-].[Li+]. The van der Waals surface area contributed by atoms with Crippen LogP contribution in [0.15, 0.2) is 0 Å². The van der Waals surface area contributed by atoms with Gasteiger partial charge in [-0.25, -0.2) is 4.57 Å². The largest absolute Gasteiger partial charge is 1.00 e. The molecule has 3 N–H and O–H groups in total. The van der Waals surface area contributed by atoms with Gasteiger partial charge in [0, 0.05) is 17.1 Å². The molecule has 50 valence electrons. The van der Waals surface area contributed by atoms with E-state index in [9.17, 15) is 0 Å². The van der Waals surface area contributed by atoms with E-state index in [4.69, 9.17) is 19.2 Å². The van der Waals surface area contributed by atoms with Crippen LogP contribution >= 0.6 is 31.8 Å². The Morgan fingerprint density at radius 3 is 1.25 bits per heavy atom. The standard InChI is InChI=1S/Fe.HI.Li.H3O4P.H/c;;;1-5(2,3)4;/h;1H;;(H3,1,2,3,4);/q;;+1;;-1. The van der Waals surface area contributed by atoms with Crippen molar-refractivity contribution in [2.24, 2.45) is 0 Å². The number of phosphoric acid groups is 1. The molecular formula is H5FeILiO4P. The predicted octanol–water partition coefficient (Wildman–Crippen LogP) is -3.20. The maximum Gasteiger partial charge on any atom is 1.00 e. The minimum Gasteiger partial charge on any atom is -1.00 e. The van der Waals surface area contributed by atoms with Gasteiger partial charge in [-0.2, -0.15) is 0 Å². The molecule has 8 heavy (non-hydrogen) atoms. The Morgan fingerprint density at radius 2 is 1.25 bits per heavy atom. The number of hydrogen-bond donors (Lipinski definition) is 3. The molecule has 0 radical (unpaired) electrons. The Bertz CT molecular complexity index is 66.7. The first-order valence-corrected chi connectivity index (χ1v) is 2.35. The van der Waals surface area contributed by atoms with Crippen molar-refractivity contribution < 1.29 is 56.6 Å². The topological polar surface area (TPSA) is 77.8 Å². The second kappa shape index (κ2) is 8.96. The summed E-state index contributed by atoms with van der Waals surface area (Å²) >= 11 is 0. The van der Waals surface area contributed by atoms with Crippen LogP contribution in [0.25, 0.3) is 0 Å². The van der Waals surface area contributed by atoms with Crippen molar-refractivity contribution in [1.29, 1.82) is 0 Å². The molecule has 0 aliphatic rings. The maximum atomic E-state index is 8.88. The summed E-state index contributed by atoms with van der Waals surface area (Å²) in [6.45, 7) is 0. The predicted molar refractivity (Wildman–Crippen MR) is 30.8 cm³/mol. The molecule has 0 atom stereocenters. The van der Waals surface area contributed by atoms with E-state index in [1.807, 2.05) is 0 Å². The van der Waals surface area contributed by atoms with Crippen LogP contribution in [0.2, 0.25) is 0 Å². The quantitative estimate of drug-likeness (QED) is 0.249. The Labute approximate surface area is 87.8 Å². The summed E-state index contributed by atoms with van der Waals surface area (Å²) in [4.78, 5) is 21.6. The van der Waals surface area contributed by atoms with Gasteiger partial charge in [0.1, 0.15) is 0 Å². The number of halogens is 1. The fourth-order valence-electron chi connectivity index (χ4n) is 0.